The van der Waals surface area contributed by atoms with Gasteiger partial charge in [0.1, 0.15) is 17.9 Å². The molecule has 6 nitrogen and oxygen atoms in total. The minimum Gasteiger partial charge on any atom is -0.492 e. The summed E-state index contributed by atoms with van der Waals surface area (Å²) in [5.41, 5.74) is -0.444. The summed E-state index contributed by atoms with van der Waals surface area (Å²) in [7, 11) is 0. The van der Waals surface area contributed by atoms with Gasteiger partial charge in [-0.2, -0.15) is 0 Å². The molecule has 7 heteroatoms. The molecule has 0 unspecified atom stereocenters. The first-order valence-corrected chi connectivity index (χ1v) is 8.23. The molecule has 3 amide bonds. The Balaban J connectivity index is 1.67. The highest BCUT2D eigenvalue weighted by atomic mass is 79.9. The van der Waals surface area contributed by atoms with Crippen molar-refractivity contribution in [2.75, 3.05) is 13.2 Å². The molecule has 3 rings (SSSR count). The molecule has 24 heavy (non-hydrogen) atoms. The molecule has 0 aliphatic carbocycles. The van der Waals surface area contributed by atoms with Crippen molar-refractivity contribution < 1.29 is 14.3 Å². The standard InChI is InChI=1S/C17H16BrN3O3/c1-17(12-4-3-7-19-11-12)15(22)21(16(23)20-17)8-9-24-14-6-2-5-13(18)10-14/h2-7,10-11H,8-9H2,1H3,(H,20,23)/t17-/m0/s1. The van der Waals surface area contributed by atoms with Crippen LogP contribution in [-0.4, -0.2) is 35.0 Å². The maximum Gasteiger partial charge on any atom is 0.325 e. The van der Waals surface area contributed by atoms with Gasteiger partial charge in [-0.15, -0.1) is 0 Å². The second-order valence-electron chi connectivity index (χ2n) is 5.56. The van der Waals surface area contributed by atoms with Gasteiger partial charge in [-0.25, -0.2) is 4.79 Å². The number of ether oxygens (including phenoxy) is 1. The summed E-state index contributed by atoms with van der Waals surface area (Å²) in [6, 6.07) is 10.5. The van der Waals surface area contributed by atoms with Crippen LogP contribution in [0.2, 0.25) is 0 Å². The van der Waals surface area contributed by atoms with Crippen molar-refractivity contribution in [2.24, 2.45) is 0 Å². The molecule has 1 N–H and O–H groups in total. The van der Waals surface area contributed by atoms with Crippen molar-refractivity contribution in [1.82, 2.24) is 15.2 Å². The number of aromatic nitrogens is 1. The van der Waals surface area contributed by atoms with E-state index < -0.39 is 11.6 Å². The first-order chi connectivity index (χ1) is 11.5. The average Bonchev–Trinajstić information content (AvgIpc) is 2.80. The maximum absolute atomic E-state index is 12.7. The third-order valence-electron chi connectivity index (χ3n) is 3.89. The van der Waals surface area contributed by atoms with Gasteiger partial charge in [-0.05, 0) is 31.2 Å². The number of carbonyl (C=O) groups is 2. The van der Waals surface area contributed by atoms with Gasteiger partial charge in [0.05, 0.1) is 6.54 Å². The number of benzene rings is 1. The summed E-state index contributed by atoms with van der Waals surface area (Å²) in [6.45, 7) is 2.07. The molecule has 124 valence electrons. The van der Waals surface area contributed by atoms with E-state index in [0.717, 1.165) is 4.47 Å². The van der Waals surface area contributed by atoms with Crippen LogP contribution in [0.15, 0.2) is 53.3 Å². The molecule has 0 bridgehead atoms. The SMILES string of the molecule is C[C@@]1(c2cccnc2)NC(=O)N(CCOc2cccc(Br)c2)C1=O. The molecule has 0 radical (unpaired) electrons. The second-order valence-corrected chi connectivity index (χ2v) is 6.48. The van der Waals surface area contributed by atoms with Gasteiger partial charge in [0.15, 0.2) is 0 Å². The van der Waals surface area contributed by atoms with E-state index in [2.05, 4.69) is 26.2 Å². The molecule has 1 fully saturated rings. The quantitative estimate of drug-likeness (QED) is 0.797. The van der Waals surface area contributed by atoms with Crippen LogP contribution in [0.1, 0.15) is 12.5 Å². The lowest BCUT2D eigenvalue weighted by atomic mass is 9.94. The monoisotopic (exact) mass is 389 g/mol. The maximum atomic E-state index is 12.7. The third-order valence-corrected chi connectivity index (χ3v) is 4.39. The van der Waals surface area contributed by atoms with E-state index in [1.165, 1.54) is 4.90 Å². The van der Waals surface area contributed by atoms with Crippen molar-refractivity contribution in [3.05, 3.63) is 58.8 Å². The number of imide groups is 1. The highest BCUT2D eigenvalue weighted by Crippen LogP contribution is 2.28. The van der Waals surface area contributed by atoms with Crippen LogP contribution < -0.4 is 10.1 Å². The summed E-state index contributed by atoms with van der Waals surface area (Å²) in [4.78, 5) is 30.1. The van der Waals surface area contributed by atoms with Crippen LogP contribution in [0.25, 0.3) is 0 Å². The van der Waals surface area contributed by atoms with Crippen LogP contribution in [0, 0.1) is 0 Å². The number of nitrogens with zero attached hydrogens (tertiary/aromatic N) is 2. The topological polar surface area (TPSA) is 71.5 Å². The molecule has 2 aromatic rings. The molecular formula is C17H16BrN3O3. The van der Waals surface area contributed by atoms with Crippen LogP contribution in [-0.2, 0) is 10.3 Å². The summed E-state index contributed by atoms with van der Waals surface area (Å²) < 4.78 is 6.51. The predicted octanol–water partition coefficient (Wildman–Crippen LogP) is 2.69. The van der Waals surface area contributed by atoms with Gasteiger partial charge < -0.3 is 10.1 Å². The Bertz CT molecular complexity index is 769. The van der Waals surface area contributed by atoms with Crippen molar-refractivity contribution >= 4 is 27.9 Å². The van der Waals surface area contributed by atoms with Crippen molar-refractivity contribution in [3.63, 3.8) is 0 Å². The number of carbonyl (C=O) groups excluding carboxylic acids is 2. The molecule has 1 saturated heterocycles. The van der Waals surface area contributed by atoms with Crippen LogP contribution >= 0.6 is 15.9 Å². The smallest absolute Gasteiger partial charge is 0.325 e. The second kappa shape index (κ2) is 6.60. The predicted molar refractivity (Wildman–Crippen MR) is 91.5 cm³/mol. The van der Waals surface area contributed by atoms with Crippen molar-refractivity contribution in [1.29, 1.82) is 0 Å². The first-order valence-electron chi connectivity index (χ1n) is 7.44. The van der Waals surface area contributed by atoms with E-state index in [-0.39, 0.29) is 19.1 Å². The van der Waals surface area contributed by atoms with Gasteiger partial charge in [-0.3, -0.25) is 14.7 Å². The Morgan fingerprint density at radius 2 is 2.12 bits per heavy atom. The van der Waals surface area contributed by atoms with Crippen LogP contribution in [0.4, 0.5) is 4.79 Å². The minimum absolute atomic E-state index is 0.174. The molecular weight excluding hydrogens is 374 g/mol. The van der Waals surface area contributed by atoms with E-state index in [9.17, 15) is 9.59 Å². The summed E-state index contributed by atoms with van der Waals surface area (Å²) in [5.74, 6) is 0.366. The average molecular weight is 390 g/mol. The lowest BCUT2D eigenvalue weighted by molar-refractivity contribution is -0.131. The number of nitrogens with one attached hydrogen (secondary N) is 1. The fraction of sp³-hybridized carbons (Fsp3) is 0.235. The zero-order chi connectivity index (χ0) is 17.2. The molecule has 1 aliphatic rings. The number of halogens is 1. The lowest BCUT2D eigenvalue weighted by Crippen LogP contribution is -2.41. The summed E-state index contributed by atoms with van der Waals surface area (Å²) in [6.07, 6.45) is 3.21. The number of hydrogen-bond donors (Lipinski definition) is 1. The van der Waals surface area contributed by atoms with E-state index in [1.807, 2.05) is 24.3 Å². The van der Waals surface area contributed by atoms with Gasteiger partial charge in [-0.1, -0.05) is 28.1 Å². The molecule has 0 spiro atoms. The van der Waals surface area contributed by atoms with Crippen LogP contribution in [0.5, 0.6) is 5.75 Å². The molecule has 1 aromatic heterocycles. The first kappa shape index (κ1) is 16.4. The zero-order valence-corrected chi connectivity index (χ0v) is 14.6. The number of urea groups is 1. The molecule has 1 atom stereocenters. The van der Waals surface area contributed by atoms with E-state index in [1.54, 1.807) is 31.5 Å². The Hall–Kier alpha value is -2.41. The summed E-state index contributed by atoms with van der Waals surface area (Å²) in [5, 5.41) is 2.74. The molecule has 1 aliphatic heterocycles. The van der Waals surface area contributed by atoms with Crippen molar-refractivity contribution in [2.45, 2.75) is 12.5 Å². The highest BCUT2D eigenvalue weighted by molar-refractivity contribution is 9.10. The number of hydrogen-bond acceptors (Lipinski definition) is 4. The van der Waals surface area contributed by atoms with Gasteiger partial charge in [0.2, 0.25) is 0 Å². The third kappa shape index (κ3) is 3.12. The Morgan fingerprint density at radius 1 is 1.29 bits per heavy atom. The fourth-order valence-electron chi connectivity index (χ4n) is 2.57. The van der Waals surface area contributed by atoms with Gasteiger partial charge in [0, 0.05) is 22.4 Å². The largest absolute Gasteiger partial charge is 0.492 e. The Morgan fingerprint density at radius 3 is 2.83 bits per heavy atom. The fourth-order valence-corrected chi connectivity index (χ4v) is 2.94. The van der Waals surface area contributed by atoms with Gasteiger partial charge >= 0.3 is 6.03 Å². The van der Waals surface area contributed by atoms with E-state index >= 15 is 0 Å². The highest BCUT2D eigenvalue weighted by Gasteiger charge is 2.48. The Kier molecular flexibility index (Phi) is 4.53. The molecule has 0 saturated carbocycles. The van der Waals surface area contributed by atoms with Crippen molar-refractivity contribution in [3.8, 4) is 5.75 Å². The summed E-state index contributed by atoms with van der Waals surface area (Å²) >= 11 is 3.37. The van der Waals surface area contributed by atoms with Gasteiger partial charge in [0.25, 0.3) is 5.91 Å². The lowest BCUT2D eigenvalue weighted by Gasteiger charge is -2.21. The number of amides is 3. The molecule has 1 aromatic carbocycles. The van der Waals surface area contributed by atoms with Crippen LogP contribution in [0.3, 0.4) is 0 Å². The molecule has 2 heterocycles. The normalized spacial score (nSPS) is 20.2. The number of rotatable bonds is 5. The number of pyridine rings is 1. The minimum atomic E-state index is -1.10. The van der Waals surface area contributed by atoms with E-state index in [0.29, 0.717) is 11.3 Å². The van der Waals surface area contributed by atoms with E-state index in [4.69, 9.17) is 4.74 Å². The Labute approximate surface area is 148 Å². The zero-order valence-electron chi connectivity index (χ0n) is 13.0.